The van der Waals surface area contributed by atoms with Crippen LogP contribution in [0.3, 0.4) is 0 Å². The fourth-order valence-corrected chi connectivity index (χ4v) is 3.16. The van der Waals surface area contributed by atoms with Crippen molar-refractivity contribution in [3.05, 3.63) is 48.5 Å². The van der Waals surface area contributed by atoms with Gasteiger partial charge in [-0.3, -0.25) is 0 Å². The summed E-state index contributed by atoms with van der Waals surface area (Å²) in [5.41, 5.74) is 0. The molecule has 0 aromatic heterocycles. The van der Waals surface area contributed by atoms with Gasteiger partial charge in [-0.25, -0.2) is 13.1 Å². The van der Waals surface area contributed by atoms with E-state index in [1.165, 1.54) is 12.1 Å². The molecule has 7 heteroatoms. The van der Waals surface area contributed by atoms with Crippen LogP contribution >= 0.6 is 0 Å². The van der Waals surface area contributed by atoms with E-state index in [1.54, 1.807) is 43.5 Å². The van der Waals surface area contributed by atoms with Crippen molar-refractivity contribution < 1.29 is 17.9 Å². The Morgan fingerprint density at radius 1 is 0.840 bits per heavy atom. The molecule has 2 aromatic rings. The lowest BCUT2D eigenvalue weighted by atomic mass is 10.3. The lowest BCUT2D eigenvalue weighted by Gasteiger charge is -2.09. The van der Waals surface area contributed by atoms with Gasteiger partial charge < -0.3 is 14.8 Å². The van der Waals surface area contributed by atoms with Gasteiger partial charge in [0.05, 0.1) is 12.0 Å². The van der Waals surface area contributed by atoms with Crippen LogP contribution in [0.15, 0.2) is 53.4 Å². The zero-order valence-electron chi connectivity index (χ0n) is 14.5. The first-order valence-electron chi connectivity index (χ1n) is 8.17. The predicted molar refractivity (Wildman–Crippen MR) is 97.9 cm³/mol. The van der Waals surface area contributed by atoms with Crippen molar-refractivity contribution in [2.75, 3.05) is 26.7 Å². The van der Waals surface area contributed by atoms with E-state index in [0.717, 1.165) is 18.7 Å². The van der Waals surface area contributed by atoms with Crippen LogP contribution in [-0.2, 0) is 10.0 Å². The third-order valence-corrected chi connectivity index (χ3v) is 4.93. The predicted octanol–water partition coefficient (Wildman–Crippen LogP) is 2.77. The van der Waals surface area contributed by atoms with E-state index < -0.39 is 10.0 Å². The molecule has 0 amide bonds. The first-order chi connectivity index (χ1) is 12.0. The van der Waals surface area contributed by atoms with Crippen LogP contribution in [0.25, 0.3) is 0 Å². The molecular weight excluding hydrogens is 340 g/mol. The van der Waals surface area contributed by atoms with Crippen LogP contribution < -0.4 is 19.5 Å². The molecule has 0 heterocycles. The fraction of sp³-hybridized carbons (Fsp3) is 0.333. The molecule has 0 bridgehead atoms. The number of nitrogens with one attached hydrogen (secondary N) is 2. The molecule has 0 saturated heterocycles. The summed E-state index contributed by atoms with van der Waals surface area (Å²) in [6.45, 7) is 3.89. The Morgan fingerprint density at radius 3 is 1.96 bits per heavy atom. The van der Waals surface area contributed by atoms with Gasteiger partial charge in [0.15, 0.2) is 0 Å². The molecule has 0 spiro atoms. The highest BCUT2D eigenvalue weighted by atomic mass is 32.2. The van der Waals surface area contributed by atoms with E-state index in [2.05, 4.69) is 17.0 Å². The maximum Gasteiger partial charge on any atom is 0.240 e. The van der Waals surface area contributed by atoms with E-state index in [0.29, 0.717) is 24.6 Å². The smallest absolute Gasteiger partial charge is 0.240 e. The van der Waals surface area contributed by atoms with Gasteiger partial charge >= 0.3 is 0 Å². The molecule has 0 radical (unpaired) electrons. The quantitative estimate of drug-likeness (QED) is 0.634. The van der Waals surface area contributed by atoms with Crippen molar-refractivity contribution >= 4 is 10.0 Å². The number of ether oxygens (including phenoxy) is 2. The van der Waals surface area contributed by atoms with Gasteiger partial charge in [-0.05, 0) is 61.5 Å². The van der Waals surface area contributed by atoms with Crippen LogP contribution in [-0.4, -0.2) is 35.2 Å². The van der Waals surface area contributed by atoms with Crippen molar-refractivity contribution in [3.63, 3.8) is 0 Å². The van der Waals surface area contributed by atoms with Gasteiger partial charge in [0.25, 0.3) is 0 Å². The zero-order chi connectivity index (χ0) is 18.1. The standard InChI is InChI=1S/C18H24N2O4S/c1-3-12-19-13-14-20-25(21,22)18-10-8-17(9-11-18)24-16-6-4-15(23-2)5-7-16/h4-11,19-20H,3,12-14H2,1-2H3. The first-order valence-corrected chi connectivity index (χ1v) is 9.66. The Kier molecular flexibility index (Phi) is 7.24. The normalized spacial score (nSPS) is 11.3. The van der Waals surface area contributed by atoms with Crippen molar-refractivity contribution in [2.45, 2.75) is 18.2 Å². The number of hydrogen-bond acceptors (Lipinski definition) is 5. The second-order valence-electron chi connectivity index (χ2n) is 5.40. The Balaban J connectivity index is 1.93. The van der Waals surface area contributed by atoms with Gasteiger partial charge in [0.1, 0.15) is 17.2 Å². The second kappa shape index (κ2) is 9.41. The van der Waals surface area contributed by atoms with Crippen LogP contribution in [0, 0.1) is 0 Å². The third kappa shape index (κ3) is 6.04. The molecule has 0 fully saturated rings. The Morgan fingerprint density at radius 2 is 1.40 bits per heavy atom. The topological polar surface area (TPSA) is 76.7 Å². The molecule has 2 aromatic carbocycles. The van der Waals surface area contributed by atoms with Crippen molar-refractivity contribution in [1.29, 1.82) is 0 Å². The van der Waals surface area contributed by atoms with E-state index in [9.17, 15) is 8.42 Å². The molecule has 0 atom stereocenters. The Bertz CT molecular complexity index is 744. The lowest BCUT2D eigenvalue weighted by Crippen LogP contribution is -2.32. The van der Waals surface area contributed by atoms with Gasteiger partial charge in [-0.2, -0.15) is 0 Å². The molecule has 0 saturated carbocycles. The van der Waals surface area contributed by atoms with E-state index >= 15 is 0 Å². The summed E-state index contributed by atoms with van der Waals surface area (Å²) in [7, 11) is -1.91. The summed E-state index contributed by atoms with van der Waals surface area (Å²) >= 11 is 0. The van der Waals surface area contributed by atoms with Crippen molar-refractivity contribution in [1.82, 2.24) is 10.0 Å². The minimum atomic E-state index is -3.51. The van der Waals surface area contributed by atoms with Crippen LogP contribution in [0.1, 0.15) is 13.3 Å². The molecule has 0 aliphatic heterocycles. The second-order valence-corrected chi connectivity index (χ2v) is 7.16. The van der Waals surface area contributed by atoms with Crippen LogP contribution in [0.5, 0.6) is 17.2 Å². The summed E-state index contributed by atoms with van der Waals surface area (Å²) in [6.07, 6.45) is 1.02. The number of rotatable bonds is 10. The SMILES string of the molecule is CCCNCCNS(=O)(=O)c1ccc(Oc2ccc(OC)cc2)cc1. The van der Waals surface area contributed by atoms with Gasteiger partial charge in [0, 0.05) is 13.1 Å². The fourth-order valence-electron chi connectivity index (χ4n) is 2.13. The molecular formula is C18H24N2O4S. The molecule has 6 nitrogen and oxygen atoms in total. The maximum absolute atomic E-state index is 12.2. The van der Waals surface area contributed by atoms with Crippen LogP contribution in [0.4, 0.5) is 0 Å². The Hall–Kier alpha value is -2.09. The highest BCUT2D eigenvalue weighted by Gasteiger charge is 2.13. The summed E-state index contributed by atoms with van der Waals surface area (Å²) < 4.78 is 37.8. The molecule has 0 unspecified atom stereocenters. The molecule has 136 valence electrons. The molecule has 2 rings (SSSR count). The van der Waals surface area contributed by atoms with Gasteiger partial charge in [-0.1, -0.05) is 6.92 Å². The lowest BCUT2D eigenvalue weighted by molar-refractivity contribution is 0.413. The summed E-state index contributed by atoms with van der Waals surface area (Å²) in [5, 5.41) is 3.15. The highest BCUT2D eigenvalue weighted by molar-refractivity contribution is 7.89. The third-order valence-electron chi connectivity index (χ3n) is 3.45. The largest absolute Gasteiger partial charge is 0.497 e. The van der Waals surface area contributed by atoms with Crippen LogP contribution in [0.2, 0.25) is 0 Å². The number of methoxy groups -OCH3 is 1. The average Bonchev–Trinajstić information content (AvgIpc) is 2.62. The molecule has 25 heavy (non-hydrogen) atoms. The maximum atomic E-state index is 12.2. The minimum absolute atomic E-state index is 0.213. The number of benzene rings is 2. The van der Waals surface area contributed by atoms with E-state index in [1.807, 2.05) is 0 Å². The minimum Gasteiger partial charge on any atom is -0.497 e. The van der Waals surface area contributed by atoms with Crippen molar-refractivity contribution in [2.24, 2.45) is 0 Å². The summed E-state index contributed by atoms with van der Waals surface area (Å²) in [5.74, 6) is 1.96. The average molecular weight is 364 g/mol. The Labute approximate surface area is 149 Å². The number of sulfonamides is 1. The first kappa shape index (κ1) is 19.2. The highest BCUT2D eigenvalue weighted by Crippen LogP contribution is 2.24. The van der Waals surface area contributed by atoms with Gasteiger partial charge in [0.2, 0.25) is 10.0 Å². The number of hydrogen-bond donors (Lipinski definition) is 2. The van der Waals surface area contributed by atoms with Gasteiger partial charge in [-0.15, -0.1) is 0 Å². The monoisotopic (exact) mass is 364 g/mol. The van der Waals surface area contributed by atoms with E-state index in [-0.39, 0.29) is 4.90 Å². The van der Waals surface area contributed by atoms with Crippen molar-refractivity contribution in [3.8, 4) is 17.2 Å². The molecule has 0 aliphatic rings. The molecule has 2 N–H and O–H groups in total. The zero-order valence-corrected chi connectivity index (χ0v) is 15.3. The van der Waals surface area contributed by atoms with E-state index in [4.69, 9.17) is 9.47 Å². The summed E-state index contributed by atoms with van der Waals surface area (Å²) in [4.78, 5) is 0.213. The summed E-state index contributed by atoms with van der Waals surface area (Å²) in [6, 6.07) is 13.5. The molecule has 0 aliphatic carbocycles.